The highest BCUT2D eigenvalue weighted by atomic mass is 79.9. The Morgan fingerprint density at radius 2 is 1.84 bits per heavy atom. The molecule has 0 spiro atoms. The minimum Gasteiger partial charge on any atom is -0.379 e. The van der Waals surface area contributed by atoms with Crippen LogP contribution in [-0.4, -0.2) is 42.1 Å². The van der Waals surface area contributed by atoms with Gasteiger partial charge in [-0.15, -0.1) is 0 Å². The summed E-state index contributed by atoms with van der Waals surface area (Å²) in [6.07, 6.45) is 0. The molecule has 1 saturated heterocycles. The number of aromatic nitrogens is 1. The van der Waals surface area contributed by atoms with Gasteiger partial charge in [-0.3, -0.25) is 14.7 Å². The number of hydrogen-bond acceptors (Lipinski definition) is 4. The molecular formula is C25H26BrN3O2. The fourth-order valence-corrected chi connectivity index (χ4v) is 4.16. The van der Waals surface area contributed by atoms with Gasteiger partial charge in [0.15, 0.2) is 0 Å². The van der Waals surface area contributed by atoms with Crippen molar-refractivity contribution in [3.05, 3.63) is 87.5 Å². The standard InChI is InChI=1S/C25H26BrN3O2/c1-18-23(9-10-24(28-18)19-7-4-8-22(26)15-19)25(30)27-16-20-5-2-3-6-21(20)17-29-11-13-31-14-12-29/h2-10,15H,11-14,16-17H2,1H3,(H,27,30). The summed E-state index contributed by atoms with van der Waals surface area (Å²) in [4.78, 5) is 19.9. The van der Waals surface area contributed by atoms with Crippen LogP contribution in [0.25, 0.3) is 11.3 Å². The molecule has 0 bridgehead atoms. The molecule has 160 valence electrons. The van der Waals surface area contributed by atoms with Crippen molar-refractivity contribution in [2.24, 2.45) is 0 Å². The fourth-order valence-electron chi connectivity index (χ4n) is 3.76. The van der Waals surface area contributed by atoms with E-state index in [0.29, 0.717) is 12.1 Å². The number of pyridine rings is 1. The number of rotatable bonds is 6. The molecule has 31 heavy (non-hydrogen) atoms. The maximum absolute atomic E-state index is 12.9. The summed E-state index contributed by atoms with van der Waals surface area (Å²) in [5.41, 5.74) is 5.57. The van der Waals surface area contributed by atoms with Crippen LogP contribution >= 0.6 is 15.9 Å². The van der Waals surface area contributed by atoms with Crippen LogP contribution in [0.3, 0.4) is 0 Å². The number of nitrogens with one attached hydrogen (secondary N) is 1. The van der Waals surface area contributed by atoms with E-state index in [4.69, 9.17) is 4.74 Å². The third kappa shape index (κ3) is 5.58. The first kappa shape index (κ1) is 21.7. The van der Waals surface area contributed by atoms with E-state index in [0.717, 1.165) is 59.8 Å². The lowest BCUT2D eigenvalue weighted by molar-refractivity contribution is 0.0340. The van der Waals surface area contributed by atoms with Crippen LogP contribution in [0.5, 0.6) is 0 Å². The van der Waals surface area contributed by atoms with Crippen molar-refractivity contribution in [1.82, 2.24) is 15.2 Å². The van der Waals surface area contributed by atoms with E-state index in [1.807, 2.05) is 49.4 Å². The van der Waals surface area contributed by atoms with Gasteiger partial charge in [0.25, 0.3) is 5.91 Å². The Hall–Kier alpha value is -2.54. The molecule has 0 unspecified atom stereocenters. The Morgan fingerprint density at radius 1 is 1.06 bits per heavy atom. The van der Waals surface area contributed by atoms with Crippen LogP contribution in [-0.2, 0) is 17.8 Å². The Labute approximate surface area is 191 Å². The number of hydrogen-bond donors (Lipinski definition) is 1. The molecule has 3 aromatic rings. The summed E-state index contributed by atoms with van der Waals surface area (Å²) in [5, 5.41) is 3.07. The van der Waals surface area contributed by atoms with Gasteiger partial charge in [-0.2, -0.15) is 0 Å². The van der Waals surface area contributed by atoms with E-state index < -0.39 is 0 Å². The molecule has 1 N–H and O–H groups in total. The highest BCUT2D eigenvalue weighted by molar-refractivity contribution is 9.10. The Balaban J connectivity index is 1.43. The van der Waals surface area contributed by atoms with E-state index >= 15 is 0 Å². The van der Waals surface area contributed by atoms with Crippen LogP contribution in [0.1, 0.15) is 27.2 Å². The van der Waals surface area contributed by atoms with Gasteiger partial charge in [-0.1, -0.05) is 52.3 Å². The van der Waals surface area contributed by atoms with E-state index in [1.165, 1.54) is 5.56 Å². The second-order valence-corrected chi connectivity index (χ2v) is 8.60. The molecule has 5 nitrogen and oxygen atoms in total. The van der Waals surface area contributed by atoms with Crippen molar-refractivity contribution < 1.29 is 9.53 Å². The SMILES string of the molecule is Cc1nc(-c2cccc(Br)c2)ccc1C(=O)NCc1ccccc1CN1CCOCC1. The minimum absolute atomic E-state index is 0.105. The second-order valence-electron chi connectivity index (χ2n) is 7.68. The average Bonchev–Trinajstić information content (AvgIpc) is 2.79. The number of halogens is 1. The summed E-state index contributed by atoms with van der Waals surface area (Å²) < 4.78 is 6.44. The molecule has 1 amide bonds. The average molecular weight is 480 g/mol. The molecule has 2 heterocycles. The highest BCUT2D eigenvalue weighted by Crippen LogP contribution is 2.22. The first-order valence-corrected chi connectivity index (χ1v) is 11.3. The van der Waals surface area contributed by atoms with Gasteiger partial charge in [0.2, 0.25) is 0 Å². The van der Waals surface area contributed by atoms with Crippen molar-refractivity contribution in [2.75, 3.05) is 26.3 Å². The Kier molecular flexibility index (Phi) is 7.12. The van der Waals surface area contributed by atoms with Crippen molar-refractivity contribution in [2.45, 2.75) is 20.0 Å². The first-order valence-electron chi connectivity index (χ1n) is 10.5. The zero-order valence-electron chi connectivity index (χ0n) is 17.6. The van der Waals surface area contributed by atoms with Crippen LogP contribution < -0.4 is 5.32 Å². The van der Waals surface area contributed by atoms with Gasteiger partial charge < -0.3 is 10.1 Å². The largest absolute Gasteiger partial charge is 0.379 e. The van der Waals surface area contributed by atoms with E-state index in [1.54, 1.807) is 0 Å². The normalized spacial score (nSPS) is 14.4. The zero-order chi connectivity index (χ0) is 21.6. The quantitative estimate of drug-likeness (QED) is 0.561. The van der Waals surface area contributed by atoms with Crippen molar-refractivity contribution in [3.63, 3.8) is 0 Å². The van der Waals surface area contributed by atoms with Gasteiger partial charge in [-0.05, 0) is 42.3 Å². The first-order chi connectivity index (χ1) is 15.1. The predicted molar refractivity (Wildman–Crippen MR) is 126 cm³/mol. The maximum Gasteiger partial charge on any atom is 0.253 e. The number of nitrogens with zero attached hydrogens (tertiary/aromatic N) is 2. The van der Waals surface area contributed by atoms with Crippen molar-refractivity contribution in [1.29, 1.82) is 0 Å². The van der Waals surface area contributed by atoms with Crippen molar-refractivity contribution in [3.8, 4) is 11.3 Å². The van der Waals surface area contributed by atoms with Crippen molar-refractivity contribution >= 4 is 21.8 Å². The van der Waals surface area contributed by atoms with Gasteiger partial charge in [0.05, 0.1) is 30.2 Å². The molecule has 0 aliphatic carbocycles. The minimum atomic E-state index is -0.105. The molecular weight excluding hydrogens is 454 g/mol. The molecule has 1 aliphatic rings. The number of carbonyl (C=O) groups excluding carboxylic acids is 1. The van der Waals surface area contributed by atoms with Crippen LogP contribution in [0, 0.1) is 6.92 Å². The molecule has 1 fully saturated rings. The molecule has 0 radical (unpaired) electrons. The van der Waals surface area contributed by atoms with Gasteiger partial charge in [0.1, 0.15) is 0 Å². The van der Waals surface area contributed by atoms with E-state index in [9.17, 15) is 4.79 Å². The van der Waals surface area contributed by atoms with Crippen LogP contribution in [0.15, 0.2) is 65.1 Å². The molecule has 4 rings (SSSR count). The lowest BCUT2D eigenvalue weighted by Crippen LogP contribution is -2.36. The maximum atomic E-state index is 12.9. The smallest absolute Gasteiger partial charge is 0.253 e. The number of ether oxygens (including phenoxy) is 1. The van der Waals surface area contributed by atoms with Gasteiger partial charge in [-0.25, -0.2) is 0 Å². The molecule has 0 saturated carbocycles. The fraction of sp³-hybridized carbons (Fsp3) is 0.280. The third-order valence-corrected chi connectivity index (χ3v) is 6.00. The Bertz CT molecular complexity index is 1060. The number of benzene rings is 2. The topological polar surface area (TPSA) is 54.5 Å². The lowest BCUT2D eigenvalue weighted by atomic mass is 10.1. The monoisotopic (exact) mass is 479 g/mol. The third-order valence-electron chi connectivity index (χ3n) is 5.51. The molecule has 1 aromatic heterocycles. The lowest BCUT2D eigenvalue weighted by Gasteiger charge is -2.27. The number of morpholine rings is 1. The zero-order valence-corrected chi connectivity index (χ0v) is 19.2. The van der Waals surface area contributed by atoms with E-state index in [-0.39, 0.29) is 5.91 Å². The summed E-state index contributed by atoms with van der Waals surface area (Å²) in [5.74, 6) is -0.105. The number of carbonyl (C=O) groups is 1. The summed E-state index contributed by atoms with van der Waals surface area (Å²) in [7, 11) is 0. The molecule has 2 aromatic carbocycles. The predicted octanol–water partition coefficient (Wildman–Crippen LogP) is 4.58. The van der Waals surface area contributed by atoms with Crippen LogP contribution in [0.2, 0.25) is 0 Å². The van der Waals surface area contributed by atoms with E-state index in [2.05, 4.69) is 49.3 Å². The number of aryl methyl sites for hydroxylation is 1. The summed E-state index contributed by atoms with van der Waals surface area (Å²) in [6, 6.07) is 20.0. The highest BCUT2D eigenvalue weighted by Gasteiger charge is 2.15. The Morgan fingerprint density at radius 3 is 2.58 bits per heavy atom. The second kappa shape index (κ2) is 10.2. The number of amides is 1. The molecule has 0 atom stereocenters. The summed E-state index contributed by atoms with van der Waals surface area (Å²) >= 11 is 3.49. The van der Waals surface area contributed by atoms with Gasteiger partial charge >= 0.3 is 0 Å². The molecule has 6 heteroatoms. The summed E-state index contributed by atoms with van der Waals surface area (Å²) in [6.45, 7) is 6.68. The van der Waals surface area contributed by atoms with Crippen LogP contribution in [0.4, 0.5) is 0 Å². The van der Waals surface area contributed by atoms with Gasteiger partial charge in [0, 0.05) is 36.2 Å². The molecule has 1 aliphatic heterocycles.